The summed E-state index contributed by atoms with van der Waals surface area (Å²) >= 11 is 0. The fraction of sp³-hybridized carbons (Fsp3) is 0.870. The third kappa shape index (κ3) is 28.6. The van der Waals surface area contributed by atoms with Gasteiger partial charge >= 0.3 is 11.9 Å². The summed E-state index contributed by atoms with van der Waals surface area (Å²) in [4.78, 5) is 25.3. The number of aliphatic hydroxyl groups is 4. The molecule has 0 radical (unpaired) electrons. The number of carbonyl (C=O) groups excluding carboxylic acids is 2. The van der Waals surface area contributed by atoms with Crippen molar-refractivity contribution in [1.29, 1.82) is 0 Å². The molecule has 56 heavy (non-hydrogen) atoms. The van der Waals surface area contributed by atoms with Crippen molar-refractivity contribution in [2.45, 2.75) is 237 Å². The van der Waals surface area contributed by atoms with Gasteiger partial charge in [0.1, 0.15) is 31.0 Å². The normalized spacial score (nSPS) is 20.6. The van der Waals surface area contributed by atoms with Gasteiger partial charge in [-0.05, 0) is 44.9 Å². The van der Waals surface area contributed by atoms with Gasteiger partial charge in [0.2, 0.25) is 0 Å². The number of hydrogen-bond acceptors (Lipinski definition) is 10. The van der Waals surface area contributed by atoms with Crippen molar-refractivity contribution in [2.75, 3.05) is 19.8 Å². The maximum Gasteiger partial charge on any atom is 0.306 e. The number of carbonyl (C=O) groups is 2. The van der Waals surface area contributed by atoms with Crippen LogP contribution in [0.5, 0.6) is 0 Å². The molecule has 0 aromatic heterocycles. The molecule has 1 rings (SSSR count). The van der Waals surface area contributed by atoms with Gasteiger partial charge in [0.15, 0.2) is 12.4 Å². The van der Waals surface area contributed by atoms with Gasteiger partial charge < -0.3 is 39.4 Å². The Kier molecular flexibility index (Phi) is 34.9. The molecule has 1 fully saturated rings. The topological polar surface area (TPSA) is 152 Å². The van der Waals surface area contributed by atoms with Crippen molar-refractivity contribution < 1.29 is 49.0 Å². The van der Waals surface area contributed by atoms with Crippen LogP contribution in [0.3, 0.4) is 0 Å². The van der Waals surface area contributed by atoms with Gasteiger partial charge in [-0.15, -0.1) is 0 Å². The van der Waals surface area contributed by atoms with E-state index in [0.717, 1.165) is 57.8 Å². The molecule has 0 spiro atoms. The van der Waals surface area contributed by atoms with Crippen LogP contribution in [0.1, 0.15) is 200 Å². The van der Waals surface area contributed by atoms with E-state index in [2.05, 4.69) is 38.2 Å². The van der Waals surface area contributed by atoms with E-state index in [0.29, 0.717) is 6.42 Å². The minimum atomic E-state index is -1.59. The molecule has 10 heteroatoms. The van der Waals surface area contributed by atoms with E-state index in [1.807, 2.05) is 0 Å². The average Bonchev–Trinajstić information content (AvgIpc) is 3.19. The molecule has 6 atom stereocenters. The van der Waals surface area contributed by atoms with E-state index in [1.165, 1.54) is 109 Å². The van der Waals surface area contributed by atoms with Crippen LogP contribution >= 0.6 is 0 Å². The van der Waals surface area contributed by atoms with E-state index >= 15 is 0 Å². The second-order valence-electron chi connectivity index (χ2n) is 15.9. The second kappa shape index (κ2) is 37.5. The number of esters is 2. The average molecular weight is 797 g/mol. The van der Waals surface area contributed by atoms with Crippen molar-refractivity contribution in [3.8, 4) is 0 Å². The first kappa shape index (κ1) is 52.2. The summed E-state index contributed by atoms with van der Waals surface area (Å²) in [6, 6.07) is 0. The Hall–Kier alpha value is -1.82. The Morgan fingerprint density at radius 3 is 1.50 bits per heavy atom. The SMILES string of the molecule is CCCCCC/C=C\C/C=C\CCCCCCCC(=O)OC(COC(=O)CCCCCCCCCCCCCCCCC)COC1OC(CO)C(O)C(O)C1O. The molecule has 0 aliphatic carbocycles. The van der Waals surface area contributed by atoms with Crippen molar-refractivity contribution in [3.05, 3.63) is 24.3 Å². The Balaban J connectivity index is 2.33. The predicted molar refractivity (Wildman–Crippen MR) is 224 cm³/mol. The molecule has 1 heterocycles. The van der Waals surface area contributed by atoms with Crippen molar-refractivity contribution in [3.63, 3.8) is 0 Å². The monoisotopic (exact) mass is 797 g/mol. The van der Waals surface area contributed by atoms with Crippen LogP contribution in [0.2, 0.25) is 0 Å². The fourth-order valence-corrected chi connectivity index (χ4v) is 6.92. The van der Waals surface area contributed by atoms with Gasteiger partial charge in [0, 0.05) is 12.8 Å². The van der Waals surface area contributed by atoms with Gasteiger partial charge in [-0.3, -0.25) is 9.59 Å². The number of unbranched alkanes of at least 4 members (excludes halogenated alkanes) is 23. The zero-order chi connectivity index (χ0) is 40.9. The summed E-state index contributed by atoms with van der Waals surface area (Å²) in [6.07, 6.45) is 33.2. The largest absolute Gasteiger partial charge is 0.462 e. The molecule has 0 saturated carbocycles. The molecule has 0 aromatic rings. The van der Waals surface area contributed by atoms with Gasteiger partial charge in [0.25, 0.3) is 0 Å². The van der Waals surface area contributed by atoms with E-state index in [9.17, 15) is 30.0 Å². The molecule has 328 valence electrons. The highest BCUT2D eigenvalue weighted by Gasteiger charge is 2.44. The van der Waals surface area contributed by atoms with Crippen LogP contribution in [0.25, 0.3) is 0 Å². The Morgan fingerprint density at radius 2 is 1.00 bits per heavy atom. The number of rotatable bonds is 38. The third-order valence-electron chi connectivity index (χ3n) is 10.6. The molecule has 0 amide bonds. The van der Waals surface area contributed by atoms with Gasteiger partial charge in [-0.1, -0.05) is 167 Å². The first-order chi connectivity index (χ1) is 27.3. The molecule has 0 bridgehead atoms. The summed E-state index contributed by atoms with van der Waals surface area (Å²) in [5, 5.41) is 40.1. The number of hydrogen-bond donors (Lipinski definition) is 4. The van der Waals surface area contributed by atoms with Crippen LogP contribution in [0.4, 0.5) is 0 Å². The lowest BCUT2D eigenvalue weighted by Crippen LogP contribution is -2.59. The standard InChI is InChI=1S/C46H84O10/c1-3-5-7-9-11-13-15-17-19-21-23-25-27-29-31-33-35-42(49)55-39(38-54-46-45(52)44(51)43(50)40(36-47)56-46)37-53-41(48)34-32-30-28-26-24-22-20-18-16-14-12-10-8-6-4-2/h13,15,19,21,39-40,43-47,50-52H,3-12,14,16-18,20,22-38H2,1-2H3/b15-13-,21-19-. The van der Waals surface area contributed by atoms with Crippen LogP contribution in [0, 0.1) is 0 Å². The molecule has 4 N–H and O–H groups in total. The molecule has 1 aliphatic rings. The molecule has 1 aliphatic heterocycles. The quantitative estimate of drug-likeness (QED) is 0.0270. The van der Waals surface area contributed by atoms with Crippen LogP contribution in [0.15, 0.2) is 24.3 Å². The minimum absolute atomic E-state index is 0.217. The molecule has 1 saturated heterocycles. The maximum atomic E-state index is 12.8. The van der Waals surface area contributed by atoms with Crippen LogP contribution in [-0.2, 0) is 28.5 Å². The highest BCUT2D eigenvalue weighted by Crippen LogP contribution is 2.23. The lowest BCUT2D eigenvalue weighted by atomic mass is 9.99. The van der Waals surface area contributed by atoms with Gasteiger partial charge in [-0.25, -0.2) is 0 Å². The summed E-state index contributed by atoms with van der Waals surface area (Å²) in [7, 11) is 0. The van der Waals surface area contributed by atoms with Crippen LogP contribution < -0.4 is 0 Å². The van der Waals surface area contributed by atoms with E-state index < -0.39 is 49.4 Å². The molecule has 6 unspecified atom stereocenters. The molecule has 10 nitrogen and oxygen atoms in total. The molecular formula is C46H84O10. The van der Waals surface area contributed by atoms with E-state index in [-0.39, 0.29) is 32.0 Å². The predicted octanol–water partition coefficient (Wildman–Crippen LogP) is 9.72. The van der Waals surface area contributed by atoms with Gasteiger partial charge in [-0.2, -0.15) is 0 Å². The Morgan fingerprint density at radius 1 is 0.554 bits per heavy atom. The number of aliphatic hydroxyl groups excluding tert-OH is 4. The lowest BCUT2D eigenvalue weighted by molar-refractivity contribution is -0.305. The molecular weight excluding hydrogens is 712 g/mol. The first-order valence-corrected chi connectivity index (χ1v) is 22.9. The van der Waals surface area contributed by atoms with Crippen molar-refractivity contribution in [1.82, 2.24) is 0 Å². The summed E-state index contributed by atoms with van der Waals surface area (Å²) in [5.41, 5.74) is 0. The Bertz CT molecular complexity index is 970. The summed E-state index contributed by atoms with van der Waals surface area (Å²) < 4.78 is 22.2. The molecule has 0 aromatic carbocycles. The summed E-state index contributed by atoms with van der Waals surface area (Å²) in [5.74, 6) is -0.815. The van der Waals surface area contributed by atoms with Crippen molar-refractivity contribution >= 4 is 11.9 Å². The zero-order valence-electron chi connectivity index (χ0n) is 35.6. The minimum Gasteiger partial charge on any atom is -0.462 e. The highest BCUT2D eigenvalue weighted by molar-refractivity contribution is 5.70. The van der Waals surface area contributed by atoms with Gasteiger partial charge in [0.05, 0.1) is 13.2 Å². The third-order valence-corrected chi connectivity index (χ3v) is 10.6. The highest BCUT2D eigenvalue weighted by atomic mass is 16.7. The van der Waals surface area contributed by atoms with Crippen molar-refractivity contribution in [2.24, 2.45) is 0 Å². The second-order valence-corrected chi connectivity index (χ2v) is 15.9. The maximum absolute atomic E-state index is 12.8. The summed E-state index contributed by atoms with van der Waals surface area (Å²) in [6.45, 7) is 3.41. The zero-order valence-corrected chi connectivity index (χ0v) is 35.6. The first-order valence-electron chi connectivity index (χ1n) is 22.9. The number of ether oxygens (including phenoxy) is 4. The smallest absolute Gasteiger partial charge is 0.306 e. The lowest BCUT2D eigenvalue weighted by Gasteiger charge is -2.39. The van der Waals surface area contributed by atoms with E-state index in [1.54, 1.807) is 0 Å². The fourth-order valence-electron chi connectivity index (χ4n) is 6.92. The van der Waals surface area contributed by atoms with Crippen LogP contribution in [-0.4, -0.2) is 89.0 Å². The number of allylic oxidation sites excluding steroid dienone is 4. The van der Waals surface area contributed by atoms with E-state index in [4.69, 9.17) is 18.9 Å². The Labute approximate surface area is 341 Å².